The summed E-state index contributed by atoms with van der Waals surface area (Å²) in [6, 6.07) is 11.3. The minimum absolute atomic E-state index is 0.118. The molecule has 0 spiro atoms. The molecule has 0 fully saturated rings. The molecule has 24 heavy (non-hydrogen) atoms. The fourth-order valence-corrected chi connectivity index (χ4v) is 2.47. The fourth-order valence-electron chi connectivity index (χ4n) is 2.47. The van der Waals surface area contributed by atoms with E-state index >= 15 is 0 Å². The molecule has 0 saturated carbocycles. The van der Waals surface area contributed by atoms with E-state index in [0.29, 0.717) is 30.9 Å². The summed E-state index contributed by atoms with van der Waals surface area (Å²) < 4.78 is 10.7. The summed E-state index contributed by atoms with van der Waals surface area (Å²) in [7, 11) is 1.57. The van der Waals surface area contributed by atoms with E-state index in [9.17, 15) is 9.59 Å². The number of ether oxygens (including phenoxy) is 1. The number of rotatable bonds is 8. The van der Waals surface area contributed by atoms with E-state index < -0.39 is 0 Å². The molecule has 2 aromatic rings. The second-order valence-electron chi connectivity index (χ2n) is 5.55. The summed E-state index contributed by atoms with van der Waals surface area (Å²) in [5.41, 5.74) is 1.42. The molecule has 0 radical (unpaired) electrons. The van der Waals surface area contributed by atoms with Gasteiger partial charge < -0.3 is 14.5 Å². The van der Waals surface area contributed by atoms with E-state index in [-0.39, 0.29) is 23.4 Å². The molecule has 5 nitrogen and oxygen atoms in total. The van der Waals surface area contributed by atoms with Gasteiger partial charge in [-0.2, -0.15) is 0 Å². The molecular formula is C19H23NO4. The van der Waals surface area contributed by atoms with E-state index in [1.807, 2.05) is 37.3 Å². The monoisotopic (exact) mass is 329 g/mol. The molecule has 128 valence electrons. The Morgan fingerprint density at radius 1 is 1.25 bits per heavy atom. The third-order valence-corrected chi connectivity index (χ3v) is 3.89. The molecule has 1 amide bonds. The number of methoxy groups -OCH3 is 1. The molecule has 1 atom stereocenters. The van der Waals surface area contributed by atoms with Crippen LogP contribution in [0.5, 0.6) is 0 Å². The molecule has 5 heteroatoms. The van der Waals surface area contributed by atoms with Gasteiger partial charge in [0.2, 0.25) is 0 Å². The van der Waals surface area contributed by atoms with Gasteiger partial charge in [0.25, 0.3) is 5.91 Å². The molecule has 0 bridgehead atoms. The van der Waals surface area contributed by atoms with E-state index in [1.54, 1.807) is 20.1 Å². The Hall–Kier alpha value is -2.40. The van der Waals surface area contributed by atoms with E-state index in [4.69, 9.17) is 9.15 Å². The van der Waals surface area contributed by atoms with Gasteiger partial charge in [-0.1, -0.05) is 44.2 Å². The lowest BCUT2D eigenvalue weighted by atomic mass is 9.96. The number of carbonyl (C=O) groups is 2. The number of nitrogens with one attached hydrogen (secondary N) is 1. The molecule has 1 heterocycles. The van der Waals surface area contributed by atoms with Crippen molar-refractivity contribution in [2.24, 2.45) is 0 Å². The second-order valence-corrected chi connectivity index (χ2v) is 5.55. The molecule has 1 aromatic carbocycles. The Balaban J connectivity index is 2.35. The third kappa shape index (κ3) is 4.11. The van der Waals surface area contributed by atoms with Crippen LogP contribution in [0, 0.1) is 0 Å². The predicted octanol–water partition coefficient (Wildman–Crippen LogP) is 3.40. The van der Waals surface area contributed by atoms with E-state index in [2.05, 4.69) is 5.32 Å². The van der Waals surface area contributed by atoms with Crippen LogP contribution in [-0.4, -0.2) is 32.0 Å². The Morgan fingerprint density at radius 3 is 2.58 bits per heavy atom. The quantitative estimate of drug-likeness (QED) is 0.595. The zero-order chi connectivity index (χ0) is 17.5. The number of benzene rings is 1. The highest BCUT2D eigenvalue weighted by Gasteiger charge is 2.25. The third-order valence-electron chi connectivity index (χ3n) is 3.89. The molecule has 0 unspecified atom stereocenters. The van der Waals surface area contributed by atoms with Crippen LogP contribution in [0.1, 0.15) is 58.4 Å². The van der Waals surface area contributed by atoms with Crippen molar-refractivity contribution in [3.63, 3.8) is 0 Å². The first kappa shape index (κ1) is 17.9. The highest BCUT2D eigenvalue weighted by atomic mass is 16.5. The lowest BCUT2D eigenvalue weighted by Gasteiger charge is -2.11. The molecule has 0 aliphatic carbocycles. The largest absolute Gasteiger partial charge is 0.456 e. The maximum Gasteiger partial charge on any atom is 0.254 e. The molecule has 0 aliphatic rings. The molecular weight excluding hydrogens is 306 g/mol. The minimum atomic E-state index is -0.260. The van der Waals surface area contributed by atoms with Crippen molar-refractivity contribution in [2.45, 2.75) is 26.2 Å². The molecule has 1 N–H and O–H groups in total. The van der Waals surface area contributed by atoms with Crippen molar-refractivity contribution >= 4 is 11.7 Å². The van der Waals surface area contributed by atoms with Crippen LogP contribution in [-0.2, 0) is 4.74 Å². The smallest absolute Gasteiger partial charge is 0.254 e. The predicted molar refractivity (Wildman–Crippen MR) is 91.5 cm³/mol. The first-order valence-electron chi connectivity index (χ1n) is 8.07. The summed E-state index contributed by atoms with van der Waals surface area (Å²) in [6.45, 7) is 4.55. The lowest BCUT2D eigenvalue weighted by Crippen LogP contribution is -2.27. The Bertz CT molecular complexity index is 691. The molecule has 0 aliphatic heterocycles. The van der Waals surface area contributed by atoms with Crippen LogP contribution in [0.15, 0.2) is 40.8 Å². The van der Waals surface area contributed by atoms with E-state index in [1.165, 1.54) is 0 Å². The van der Waals surface area contributed by atoms with E-state index in [0.717, 1.165) is 5.56 Å². The van der Waals surface area contributed by atoms with Gasteiger partial charge in [-0.05, 0) is 5.56 Å². The van der Waals surface area contributed by atoms with Crippen molar-refractivity contribution < 1.29 is 18.7 Å². The van der Waals surface area contributed by atoms with Crippen molar-refractivity contribution in [1.29, 1.82) is 0 Å². The highest BCUT2D eigenvalue weighted by Crippen LogP contribution is 2.30. The van der Waals surface area contributed by atoms with Gasteiger partial charge >= 0.3 is 0 Å². The van der Waals surface area contributed by atoms with Crippen molar-refractivity contribution in [3.05, 3.63) is 59.0 Å². The minimum Gasteiger partial charge on any atom is -0.456 e. The van der Waals surface area contributed by atoms with Gasteiger partial charge in [0.1, 0.15) is 5.76 Å². The summed E-state index contributed by atoms with van der Waals surface area (Å²) in [6.07, 6.45) is 0.331. The zero-order valence-corrected chi connectivity index (χ0v) is 14.3. The van der Waals surface area contributed by atoms with Crippen molar-refractivity contribution in [1.82, 2.24) is 5.32 Å². The number of carbonyl (C=O) groups excluding carboxylic acids is 2. The van der Waals surface area contributed by atoms with Crippen LogP contribution in [0.25, 0.3) is 0 Å². The van der Waals surface area contributed by atoms with Crippen molar-refractivity contribution in [3.8, 4) is 0 Å². The number of Topliss-reactive ketones (excluding diaryl/α,β-unsaturated/α-hetero) is 1. The first-order valence-corrected chi connectivity index (χ1v) is 8.07. The summed E-state index contributed by atoms with van der Waals surface area (Å²) in [5, 5.41) is 2.78. The van der Waals surface area contributed by atoms with Crippen LogP contribution in [0.2, 0.25) is 0 Å². The number of hydrogen-bond donors (Lipinski definition) is 1. The fraction of sp³-hybridized carbons (Fsp3) is 0.368. The van der Waals surface area contributed by atoms with Crippen LogP contribution >= 0.6 is 0 Å². The SMILES string of the molecule is CCC(=O)c1cc(C(=O)NCCOC)c([C@@H](C)c2ccccc2)o1. The van der Waals surface area contributed by atoms with Gasteiger partial charge in [0, 0.05) is 32.1 Å². The second kappa shape index (κ2) is 8.45. The molecule has 1 aromatic heterocycles. The zero-order valence-electron chi connectivity index (χ0n) is 14.3. The lowest BCUT2D eigenvalue weighted by molar-refractivity contribution is 0.0931. The molecule has 0 saturated heterocycles. The summed E-state index contributed by atoms with van der Waals surface area (Å²) in [5.74, 6) is 0.226. The maximum atomic E-state index is 12.5. The van der Waals surface area contributed by atoms with Gasteiger partial charge in [0.15, 0.2) is 11.5 Å². The Morgan fingerprint density at radius 2 is 1.96 bits per heavy atom. The molecule has 2 rings (SSSR count). The topological polar surface area (TPSA) is 68.5 Å². The standard InChI is InChI=1S/C19H23NO4/c1-4-16(21)17-12-15(19(22)20-10-11-23-3)18(24-17)13(2)14-8-6-5-7-9-14/h5-9,12-13H,4,10-11H2,1-3H3,(H,20,22)/t13-/m0/s1. The average Bonchev–Trinajstić information content (AvgIpc) is 3.06. The summed E-state index contributed by atoms with van der Waals surface area (Å²) in [4.78, 5) is 24.4. The Kier molecular flexibility index (Phi) is 6.32. The van der Waals surface area contributed by atoms with Gasteiger partial charge in [-0.15, -0.1) is 0 Å². The number of amides is 1. The average molecular weight is 329 g/mol. The first-order chi connectivity index (χ1) is 11.6. The maximum absolute atomic E-state index is 12.5. The summed E-state index contributed by atoms with van der Waals surface area (Å²) >= 11 is 0. The van der Waals surface area contributed by atoms with Crippen LogP contribution in [0.4, 0.5) is 0 Å². The van der Waals surface area contributed by atoms with Gasteiger partial charge in [-0.25, -0.2) is 0 Å². The number of hydrogen-bond acceptors (Lipinski definition) is 4. The Labute approximate surface area is 142 Å². The normalized spacial score (nSPS) is 12.0. The van der Waals surface area contributed by atoms with Gasteiger partial charge in [-0.3, -0.25) is 9.59 Å². The number of furan rings is 1. The van der Waals surface area contributed by atoms with Crippen LogP contribution < -0.4 is 5.32 Å². The van der Waals surface area contributed by atoms with Gasteiger partial charge in [0.05, 0.1) is 12.2 Å². The van der Waals surface area contributed by atoms with Crippen molar-refractivity contribution in [2.75, 3.05) is 20.3 Å². The van der Waals surface area contributed by atoms with Crippen LogP contribution in [0.3, 0.4) is 0 Å². The highest BCUT2D eigenvalue weighted by molar-refractivity contribution is 6.00. The number of ketones is 1.